The Morgan fingerprint density at radius 1 is 1.58 bits per heavy atom. The highest BCUT2D eigenvalue weighted by Gasteiger charge is 2.33. The van der Waals surface area contributed by atoms with E-state index in [1.54, 1.807) is 0 Å². The van der Waals surface area contributed by atoms with Gasteiger partial charge in [0.05, 0.1) is 13.2 Å². The summed E-state index contributed by atoms with van der Waals surface area (Å²) in [7, 11) is 0. The Hall–Kier alpha value is -2.09. The van der Waals surface area contributed by atoms with Crippen LogP contribution in [0.25, 0.3) is 0 Å². The van der Waals surface area contributed by atoms with Gasteiger partial charge in [-0.1, -0.05) is 6.08 Å². The molecule has 0 aliphatic carbocycles. The van der Waals surface area contributed by atoms with E-state index in [-0.39, 0.29) is 26.2 Å². The minimum Gasteiger partial charge on any atom is -0.480 e. The third-order valence-electron chi connectivity index (χ3n) is 2.72. The Morgan fingerprint density at radius 3 is 2.79 bits per heavy atom. The summed E-state index contributed by atoms with van der Waals surface area (Å²) in [6, 6.07) is -2.62. The molecule has 8 nitrogen and oxygen atoms in total. The zero-order chi connectivity index (χ0) is 14.4. The van der Waals surface area contributed by atoms with Gasteiger partial charge in [-0.2, -0.15) is 0 Å². The molecule has 0 aromatic rings. The number of rotatable bonds is 5. The maximum atomic E-state index is 12.0. The summed E-state index contributed by atoms with van der Waals surface area (Å²) in [5.41, 5.74) is 5.17. The van der Waals surface area contributed by atoms with Crippen LogP contribution in [-0.2, 0) is 14.3 Å². The molecule has 0 aromatic carbocycles. The summed E-state index contributed by atoms with van der Waals surface area (Å²) >= 11 is 0. The molecule has 4 N–H and O–H groups in total. The Balaban J connectivity index is 2.71. The van der Waals surface area contributed by atoms with Gasteiger partial charge < -0.3 is 25.8 Å². The minimum atomic E-state index is -1.17. The summed E-state index contributed by atoms with van der Waals surface area (Å²) in [5, 5.41) is 11.3. The van der Waals surface area contributed by atoms with E-state index in [9.17, 15) is 14.4 Å². The van der Waals surface area contributed by atoms with Crippen LogP contribution in [0.2, 0.25) is 0 Å². The van der Waals surface area contributed by atoms with Crippen LogP contribution in [0.4, 0.5) is 4.79 Å². The summed E-state index contributed by atoms with van der Waals surface area (Å²) in [6.45, 7) is 3.89. The quantitative estimate of drug-likeness (QED) is 0.548. The van der Waals surface area contributed by atoms with Gasteiger partial charge in [0, 0.05) is 6.54 Å². The van der Waals surface area contributed by atoms with Crippen molar-refractivity contribution >= 4 is 17.9 Å². The zero-order valence-electron chi connectivity index (χ0n) is 10.4. The predicted octanol–water partition coefficient (Wildman–Crippen LogP) is -1.09. The molecule has 1 aliphatic heterocycles. The van der Waals surface area contributed by atoms with E-state index >= 15 is 0 Å². The van der Waals surface area contributed by atoms with Crippen molar-refractivity contribution < 1.29 is 24.2 Å². The van der Waals surface area contributed by atoms with Gasteiger partial charge in [0.25, 0.3) is 0 Å². The standard InChI is InChI=1S/C11H17N3O5/c1-2-3-7(10(16)17)13-11(18)14-4-5-19-6-8(14)9(12)15/h2,7-8H,1,3-6H2,(H2,12,15)(H,13,18)(H,16,17). The molecule has 1 rings (SSSR count). The maximum absolute atomic E-state index is 12.0. The first-order chi connectivity index (χ1) is 8.97. The Bertz CT molecular complexity index is 385. The molecular formula is C11H17N3O5. The minimum absolute atomic E-state index is 0.0158. The van der Waals surface area contributed by atoms with Crippen molar-refractivity contribution in [1.29, 1.82) is 0 Å². The van der Waals surface area contributed by atoms with Crippen LogP contribution in [0.15, 0.2) is 12.7 Å². The first kappa shape index (κ1) is 15.0. The summed E-state index contributed by atoms with van der Waals surface area (Å²) < 4.78 is 5.07. The van der Waals surface area contributed by atoms with Gasteiger partial charge in [-0.3, -0.25) is 4.79 Å². The first-order valence-corrected chi connectivity index (χ1v) is 5.75. The number of morpholine rings is 1. The maximum Gasteiger partial charge on any atom is 0.326 e. The van der Waals surface area contributed by atoms with E-state index in [0.717, 1.165) is 0 Å². The lowest BCUT2D eigenvalue weighted by atomic mass is 10.2. The number of hydrogen-bond acceptors (Lipinski definition) is 4. The molecule has 2 atom stereocenters. The molecule has 0 aromatic heterocycles. The van der Waals surface area contributed by atoms with Gasteiger partial charge in [-0.15, -0.1) is 6.58 Å². The molecule has 2 unspecified atom stereocenters. The SMILES string of the molecule is C=CCC(NC(=O)N1CCOCC1C(N)=O)C(=O)O. The highest BCUT2D eigenvalue weighted by Crippen LogP contribution is 2.07. The monoisotopic (exact) mass is 271 g/mol. The topological polar surface area (TPSA) is 122 Å². The van der Waals surface area contributed by atoms with Gasteiger partial charge in [-0.25, -0.2) is 9.59 Å². The second kappa shape index (κ2) is 6.74. The fourth-order valence-corrected chi connectivity index (χ4v) is 1.70. The van der Waals surface area contributed by atoms with Crippen LogP contribution >= 0.6 is 0 Å². The molecule has 1 fully saturated rings. The van der Waals surface area contributed by atoms with Gasteiger partial charge >= 0.3 is 12.0 Å². The number of aliphatic carboxylic acids is 1. The van der Waals surface area contributed by atoms with Crippen molar-refractivity contribution in [1.82, 2.24) is 10.2 Å². The number of hydrogen-bond donors (Lipinski definition) is 3. The molecule has 0 saturated carbocycles. The van der Waals surface area contributed by atoms with Crippen LogP contribution in [0, 0.1) is 0 Å². The number of amides is 3. The summed E-state index contributed by atoms with van der Waals surface area (Å²) in [6.07, 6.45) is 1.48. The van der Waals surface area contributed by atoms with Crippen molar-refractivity contribution in [2.24, 2.45) is 5.73 Å². The van der Waals surface area contributed by atoms with Crippen molar-refractivity contribution in [3.63, 3.8) is 0 Å². The Kier molecular flexibility index (Phi) is 5.31. The number of primary amides is 1. The number of carboxylic acids is 1. The molecule has 0 spiro atoms. The molecule has 3 amide bonds. The largest absolute Gasteiger partial charge is 0.480 e. The predicted molar refractivity (Wildman–Crippen MR) is 65.3 cm³/mol. The number of urea groups is 1. The number of nitrogens with one attached hydrogen (secondary N) is 1. The van der Waals surface area contributed by atoms with Crippen LogP contribution in [0.5, 0.6) is 0 Å². The van der Waals surface area contributed by atoms with Crippen molar-refractivity contribution in [2.45, 2.75) is 18.5 Å². The number of carbonyl (C=O) groups is 3. The van der Waals surface area contributed by atoms with E-state index in [1.807, 2.05) is 0 Å². The first-order valence-electron chi connectivity index (χ1n) is 5.75. The third-order valence-corrected chi connectivity index (χ3v) is 2.72. The smallest absolute Gasteiger partial charge is 0.326 e. The molecule has 8 heteroatoms. The van der Waals surface area contributed by atoms with Gasteiger partial charge in [-0.05, 0) is 6.42 Å². The van der Waals surface area contributed by atoms with Gasteiger partial charge in [0.2, 0.25) is 5.91 Å². The fourth-order valence-electron chi connectivity index (χ4n) is 1.70. The van der Waals surface area contributed by atoms with Crippen molar-refractivity contribution in [3.05, 3.63) is 12.7 Å². The summed E-state index contributed by atoms with van der Waals surface area (Å²) in [5.74, 6) is -1.86. The van der Waals surface area contributed by atoms with Crippen LogP contribution in [0.1, 0.15) is 6.42 Å². The number of nitrogens with zero attached hydrogens (tertiary/aromatic N) is 1. The lowest BCUT2D eigenvalue weighted by molar-refractivity contribution is -0.139. The Morgan fingerprint density at radius 2 is 2.26 bits per heavy atom. The van der Waals surface area contributed by atoms with E-state index in [2.05, 4.69) is 11.9 Å². The van der Waals surface area contributed by atoms with Crippen LogP contribution < -0.4 is 11.1 Å². The highest BCUT2D eigenvalue weighted by molar-refractivity contribution is 5.88. The third kappa shape index (κ3) is 3.95. The van der Waals surface area contributed by atoms with E-state index in [1.165, 1.54) is 11.0 Å². The molecule has 1 saturated heterocycles. The average molecular weight is 271 g/mol. The second-order valence-corrected chi connectivity index (χ2v) is 4.05. The van der Waals surface area contributed by atoms with Gasteiger partial charge in [0.1, 0.15) is 12.1 Å². The lowest BCUT2D eigenvalue weighted by Gasteiger charge is -2.34. The molecule has 1 aliphatic rings. The fraction of sp³-hybridized carbons (Fsp3) is 0.545. The lowest BCUT2D eigenvalue weighted by Crippen LogP contribution is -2.59. The molecule has 0 bridgehead atoms. The highest BCUT2D eigenvalue weighted by atomic mass is 16.5. The van der Waals surface area contributed by atoms with Crippen molar-refractivity contribution in [2.75, 3.05) is 19.8 Å². The molecular weight excluding hydrogens is 254 g/mol. The van der Waals surface area contributed by atoms with E-state index < -0.39 is 30.0 Å². The second-order valence-electron chi connectivity index (χ2n) is 4.05. The number of carbonyl (C=O) groups excluding carboxylic acids is 2. The van der Waals surface area contributed by atoms with Crippen molar-refractivity contribution in [3.8, 4) is 0 Å². The Labute approximate surface area is 110 Å². The van der Waals surface area contributed by atoms with E-state index in [0.29, 0.717) is 0 Å². The number of carboxylic acid groups (broad SMARTS) is 1. The average Bonchev–Trinajstić information content (AvgIpc) is 2.37. The molecule has 0 radical (unpaired) electrons. The molecule has 1 heterocycles. The normalized spacial score (nSPS) is 20.4. The number of ether oxygens (including phenoxy) is 1. The number of nitrogens with two attached hydrogens (primary N) is 1. The van der Waals surface area contributed by atoms with Crippen LogP contribution in [0.3, 0.4) is 0 Å². The molecule has 106 valence electrons. The summed E-state index contributed by atoms with van der Waals surface area (Å²) in [4.78, 5) is 35.3. The molecule has 19 heavy (non-hydrogen) atoms. The zero-order valence-corrected chi connectivity index (χ0v) is 10.4. The van der Waals surface area contributed by atoms with Gasteiger partial charge in [0.15, 0.2) is 0 Å². The van der Waals surface area contributed by atoms with E-state index in [4.69, 9.17) is 15.6 Å². The van der Waals surface area contributed by atoms with Crippen LogP contribution in [-0.4, -0.2) is 59.8 Å².